The molecule has 8 heteroatoms. The highest BCUT2D eigenvalue weighted by molar-refractivity contribution is 6.11. The van der Waals surface area contributed by atoms with Crippen molar-refractivity contribution in [1.82, 2.24) is 0 Å². The Bertz CT molecular complexity index is 1120. The third kappa shape index (κ3) is 3.67. The Labute approximate surface area is 184 Å². The molecule has 2 aliphatic rings. The molecule has 4 rings (SSSR count). The van der Waals surface area contributed by atoms with Crippen molar-refractivity contribution in [2.24, 2.45) is 0 Å². The number of carbonyl (C=O) groups is 2. The van der Waals surface area contributed by atoms with E-state index >= 15 is 0 Å². The highest BCUT2D eigenvalue weighted by atomic mass is 16.6. The Kier molecular flexibility index (Phi) is 5.13. The van der Waals surface area contributed by atoms with Crippen molar-refractivity contribution in [2.45, 2.75) is 44.0 Å². The van der Waals surface area contributed by atoms with Crippen molar-refractivity contribution in [3.63, 3.8) is 0 Å². The van der Waals surface area contributed by atoms with Crippen LogP contribution in [0.4, 0.5) is 0 Å². The number of aliphatic hydroxyl groups excluding tert-OH is 1. The number of phenols is 2. The highest BCUT2D eigenvalue weighted by Gasteiger charge is 2.55. The number of hydrogen-bond donors (Lipinski definition) is 3. The van der Waals surface area contributed by atoms with E-state index in [0.717, 1.165) is 7.11 Å². The maximum absolute atomic E-state index is 12.9. The summed E-state index contributed by atoms with van der Waals surface area (Å²) in [6.45, 7) is 3.92. The number of carbonyl (C=O) groups excluding carboxylic acids is 2. The number of phenolic OH excluding ortho intramolecular Hbond substituents is 2. The van der Waals surface area contributed by atoms with Crippen LogP contribution in [0.1, 0.15) is 30.5 Å². The summed E-state index contributed by atoms with van der Waals surface area (Å²) in [4.78, 5) is 25.3. The van der Waals surface area contributed by atoms with Crippen LogP contribution < -0.4 is 0 Å². The first-order chi connectivity index (χ1) is 15.1. The lowest BCUT2D eigenvalue weighted by atomic mass is 9.82. The minimum atomic E-state index is -1.93. The number of benzene rings is 2. The molecular formula is C24H24O8. The van der Waals surface area contributed by atoms with Gasteiger partial charge in [-0.1, -0.05) is 24.3 Å². The van der Waals surface area contributed by atoms with Crippen molar-refractivity contribution in [3.8, 4) is 11.5 Å². The van der Waals surface area contributed by atoms with Crippen molar-refractivity contribution < 1.29 is 39.1 Å². The van der Waals surface area contributed by atoms with Crippen LogP contribution in [0.25, 0.3) is 5.57 Å². The number of rotatable bonds is 6. The van der Waals surface area contributed by atoms with Crippen LogP contribution in [-0.2, 0) is 36.6 Å². The monoisotopic (exact) mass is 440 g/mol. The van der Waals surface area contributed by atoms with Crippen molar-refractivity contribution in [1.29, 1.82) is 0 Å². The first kappa shape index (κ1) is 21.7. The number of ether oxygens (including phenoxy) is 3. The summed E-state index contributed by atoms with van der Waals surface area (Å²) in [7, 11) is 1.16. The molecule has 168 valence electrons. The maximum atomic E-state index is 12.9. The molecule has 0 aliphatic carbocycles. The van der Waals surface area contributed by atoms with Crippen LogP contribution in [-0.4, -0.2) is 51.7 Å². The molecule has 1 unspecified atom stereocenters. The zero-order chi connectivity index (χ0) is 23.3. The van der Waals surface area contributed by atoms with Gasteiger partial charge in [0.15, 0.2) is 0 Å². The zero-order valence-corrected chi connectivity index (χ0v) is 17.9. The molecule has 2 atom stereocenters. The molecule has 0 spiro atoms. The van der Waals surface area contributed by atoms with E-state index in [0.29, 0.717) is 23.1 Å². The SMILES string of the molecule is COC(=O)C1(Cc2ccc(O)c(C[C@H]3OC3(C)C)c2)OC(=O)C(O)=C1c1ccc(O)cc1. The third-order valence-electron chi connectivity index (χ3n) is 5.94. The average Bonchev–Trinajstić information content (AvgIpc) is 3.27. The van der Waals surface area contributed by atoms with Gasteiger partial charge in [-0.15, -0.1) is 0 Å². The fourth-order valence-corrected chi connectivity index (χ4v) is 4.07. The molecular weight excluding hydrogens is 416 g/mol. The normalized spacial score (nSPS) is 23.7. The Balaban J connectivity index is 1.75. The number of methoxy groups -OCH3 is 1. The van der Waals surface area contributed by atoms with Gasteiger partial charge in [0.05, 0.1) is 24.4 Å². The number of cyclic esters (lactones) is 1. The van der Waals surface area contributed by atoms with E-state index in [1.807, 2.05) is 13.8 Å². The lowest BCUT2D eigenvalue weighted by Crippen LogP contribution is -2.44. The molecule has 0 amide bonds. The molecule has 2 heterocycles. The lowest BCUT2D eigenvalue weighted by Gasteiger charge is -2.28. The van der Waals surface area contributed by atoms with E-state index in [1.165, 1.54) is 30.3 Å². The van der Waals surface area contributed by atoms with Gasteiger partial charge in [0.25, 0.3) is 0 Å². The number of epoxide rings is 1. The van der Waals surface area contributed by atoms with E-state index < -0.39 is 23.3 Å². The van der Waals surface area contributed by atoms with Crippen LogP contribution in [0.15, 0.2) is 48.2 Å². The number of aliphatic hydroxyl groups is 1. The summed E-state index contributed by atoms with van der Waals surface area (Å²) in [6, 6.07) is 10.5. The van der Waals surface area contributed by atoms with Gasteiger partial charge >= 0.3 is 11.9 Å². The van der Waals surface area contributed by atoms with Crippen LogP contribution in [0.5, 0.6) is 11.5 Å². The molecule has 1 saturated heterocycles. The lowest BCUT2D eigenvalue weighted by molar-refractivity contribution is -0.169. The molecule has 0 saturated carbocycles. The van der Waals surface area contributed by atoms with E-state index in [2.05, 4.69) is 0 Å². The summed E-state index contributed by atoms with van der Waals surface area (Å²) < 4.78 is 16.0. The maximum Gasteiger partial charge on any atom is 0.375 e. The molecule has 0 radical (unpaired) electrons. The fraction of sp³-hybridized carbons (Fsp3) is 0.333. The topological polar surface area (TPSA) is 126 Å². The second-order valence-electron chi connectivity index (χ2n) is 8.53. The molecule has 2 aromatic rings. The summed E-state index contributed by atoms with van der Waals surface area (Å²) in [5.74, 6) is -2.54. The Morgan fingerprint density at radius 1 is 1.09 bits per heavy atom. The number of hydrogen-bond acceptors (Lipinski definition) is 8. The molecule has 3 N–H and O–H groups in total. The molecule has 2 aliphatic heterocycles. The van der Waals surface area contributed by atoms with E-state index in [9.17, 15) is 24.9 Å². The Hall–Kier alpha value is -3.52. The van der Waals surface area contributed by atoms with Gasteiger partial charge in [0, 0.05) is 12.8 Å². The first-order valence-electron chi connectivity index (χ1n) is 10.1. The minimum absolute atomic E-state index is 0.0175. The summed E-state index contributed by atoms with van der Waals surface area (Å²) in [5, 5.41) is 30.4. The van der Waals surface area contributed by atoms with Crippen molar-refractivity contribution >= 4 is 17.5 Å². The second-order valence-corrected chi connectivity index (χ2v) is 8.53. The standard InChI is InChI=1S/C24H24O8/c1-23(2)18(31-23)11-15-10-13(4-9-17(15)26)12-24(22(29)30-3)19(20(27)21(28)32-24)14-5-7-16(25)8-6-14/h4-10,18,25-27H,11-12H2,1-3H3/t18-,24?/m1/s1. The van der Waals surface area contributed by atoms with Gasteiger partial charge < -0.3 is 29.5 Å². The van der Waals surface area contributed by atoms with Gasteiger partial charge in [-0.2, -0.15) is 0 Å². The Morgan fingerprint density at radius 3 is 2.34 bits per heavy atom. The van der Waals surface area contributed by atoms with Crippen LogP contribution in [0.2, 0.25) is 0 Å². The molecule has 2 aromatic carbocycles. The summed E-state index contributed by atoms with van der Waals surface area (Å²) in [5.41, 5.74) is -0.713. The van der Waals surface area contributed by atoms with Crippen LogP contribution in [0, 0.1) is 0 Å². The molecule has 0 bridgehead atoms. The largest absolute Gasteiger partial charge is 0.508 e. The van der Waals surface area contributed by atoms with Gasteiger partial charge in [-0.05, 0) is 48.7 Å². The Morgan fingerprint density at radius 2 is 1.75 bits per heavy atom. The third-order valence-corrected chi connectivity index (χ3v) is 5.94. The van der Waals surface area contributed by atoms with E-state index in [1.54, 1.807) is 12.1 Å². The molecule has 1 fully saturated rings. The van der Waals surface area contributed by atoms with Gasteiger partial charge in [-0.25, -0.2) is 9.59 Å². The number of aromatic hydroxyl groups is 2. The molecule has 32 heavy (non-hydrogen) atoms. The van der Waals surface area contributed by atoms with E-state index in [-0.39, 0.29) is 35.2 Å². The smallest absolute Gasteiger partial charge is 0.375 e. The summed E-state index contributed by atoms with van der Waals surface area (Å²) >= 11 is 0. The summed E-state index contributed by atoms with van der Waals surface area (Å²) in [6.07, 6.45) is 0.302. The quantitative estimate of drug-likeness (QED) is 0.462. The van der Waals surface area contributed by atoms with Gasteiger partial charge in [0.2, 0.25) is 11.4 Å². The van der Waals surface area contributed by atoms with Crippen molar-refractivity contribution in [3.05, 3.63) is 64.9 Å². The second kappa shape index (κ2) is 7.56. The van der Waals surface area contributed by atoms with Gasteiger partial charge in [0.1, 0.15) is 11.5 Å². The molecule has 0 aromatic heterocycles. The van der Waals surface area contributed by atoms with Gasteiger partial charge in [-0.3, -0.25) is 0 Å². The van der Waals surface area contributed by atoms with Crippen LogP contribution in [0.3, 0.4) is 0 Å². The molecule has 8 nitrogen and oxygen atoms in total. The predicted molar refractivity (Wildman–Crippen MR) is 113 cm³/mol. The predicted octanol–water partition coefficient (Wildman–Crippen LogP) is 2.80. The van der Waals surface area contributed by atoms with Crippen molar-refractivity contribution in [2.75, 3.05) is 7.11 Å². The van der Waals surface area contributed by atoms with E-state index in [4.69, 9.17) is 14.2 Å². The zero-order valence-electron chi connectivity index (χ0n) is 17.9. The first-order valence-corrected chi connectivity index (χ1v) is 10.1. The fourth-order valence-electron chi connectivity index (χ4n) is 4.07. The van der Waals surface area contributed by atoms with Crippen LogP contribution >= 0.6 is 0 Å². The minimum Gasteiger partial charge on any atom is -0.508 e. The highest BCUT2D eigenvalue weighted by Crippen LogP contribution is 2.44. The number of esters is 2. The average molecular weight is 440 g/mol.